The summed E-state index contributed by atoms with van der Waals surface area (Å²) >= 11 is 2.11. The van der Waals surface area contributed by atoms with Crippen LogP contribution in [0.5, 0.6) is 23.0 Å². The zero-order valence-electron chi connectivity index (χ0n) is 22.4. The molecule has 0 bridgehead atoms. The fraction of sp³-hybridized carbons (Fsp3) is 0.276. The third-order valence-corrected chi connectivity index (χ3v) is 5.97. The number of nitrogens with one attached hydrogen (secondary N) is 2. The van der Waals surface area contributed by atoms with Crippen LogP contribution in [-0.4, -0.2) is 44.5 Å². The maximum atomic E-state index is 12.6. The van der Waals surface area contributed by atoms with Crippen molar-refractivity contribution in [3.8, 4) is 23.0 Å². The number of nitrogens with zero attached hydrogens (tertiary/aromatic N) is 1. The van der Waals surface area contributed by atoms with Gasteiger partial charge in [-0.05, 0) is 104 Å². The predicted octanol–water partition coefficient (Wildman–Crippen LogP) is 5.58. The molecule has 0 radical (unpaired) electrons. The summed E-state index contributed by atoms with van der Waals surface area (Å²) in [6.07, 6.45) is 1.51. The van der Waals surface area contributed by atoms with Gasteiger partial charge >= 0.3 is 0 Å². The van der Waals surface area contributed by atoms with E-state index < -0.39 is 5.91 Å². The second kappa shape index (κ2) is 15.0. The molecule has 39 heavy (non-hydrogen) atoms. The number of ether oxygens (including phenoxy) is 4. The van der Waals surface area contributed by atoms with Crippen molar-refractivity contribution in [3.05, 3.63) is 74.9 Å². The van der Waals surface area contributed by atoms with E-state index in [2.05, 4.69) is 38.4 Å². The van der Waals surface area contributed by atoms with Crippen LogP contribution in [0.3, 0.4) is 0 Å². The minimum atomic E-state index is -0.394. The first-order valence-corrected chi connectivity index (χ1v) is 13.6. The molecule has 0 atom stereocenters. The van der Waals surface area contributed by atoms with E-state index in [0.29, 0.717) is 59.6 Å². The number of rotatable bonds is 13. The molecular weight excluding hydrogens is 613 g/mol. The predicted molar refractivity (Wildman–Crippen MR) is 159 cm³/mol. The fourth-order valence-corrected chi connectivity index (χ4v) is 4.33. The van der Waals surface area contributed by atoms with E-state index in [1.165, 1.54) is 6.21 Å². The van der Waals surface area contributed by atoms with E-state index in [4.69, 9.17) is 18.9 Å². The third-order valence-electron chi connectivity index (χ3n) is 5.17. The molecular formula is C29H32IN3O6. The Morgan fingerprint density at radius 3 is 2.31 bits per heavy atom. The Morgan fingerprint density at radius 2 is 1.59 bits per heavy atom. The smallest absolute Gasteiger partial charge is 0.271 e. The standard InChI is InChI=1S/C29H32IN3O6/c1-5-36-24-12-11-21(16-25(24)37-6-2)29(35)33-31-17-20-14-23(30)28(26(15-20)38-7-3)39-18-27(34)32-22-10-8-9-19(4)13-22/h8-17H,5-7,18H2,1-4H3,(H,32,34)(H,33,35)/b31-17+. The molecule has 0 heterocycles. The molecule has 3 aromatic rings. The number of carbonyl (C=O) groups is 2. The van der Waals surface area contributed by atoms with Crippen LogP contribution in [0.1, 0.15) is 42.3 Å². The summed E-state index contributed by atoms with van der Waals surface area (Å²) in [5.41, 5.74) is 5.35. The van der Waals surface area contributed by atoms with Gasteiger partial charge in [-0.3, -0.25) is 9.59 Å². The monoisotopic (exact) mass is 645 g/mol. The van der Waals surface area contributed by atoms with Gasteiger partial charge in [-0.2, -0.15) is 5.10 Å². The third kappa shape index (κ3) is 8.88. The average molecular weight is 645 g/mol. The van der Waals surface area contributed by atoms with Gasteiger partial charge in [-0.25, -0.2) is 5.43 Å². The van der Waals surface area contributed by atoms with Gasteiger partial charge in [-0.15, -0.1) is 0 Å². The first kappa shape index (κ1) is 29.8. The molecule has 0 aromatic heterocycles. The number of aryl methyl sites for hydroxylation is 1. The van der Waals surface area contributed by atoms with Crippen molar-refractivity contribution in [2.75, 3.05) is 31.7 Å². The molecule has 3 rings (SSSR count). The Balaban J connectivity index is 1.67. The number of hydrogen-bond acceptors (Lipinski definition) is 7. The molecule has 9 nitrogen and oxygen atoms in total. The molecule has 0 saturated heterocycles. The summed E-state index contributed by atoms with van der Waals surface area (Å²) in [7, 11) is 0. The first-order valence-electron chi connectivity index (χ1n) is 12.5. The average Bonchev–Trinajstić information content (AvgIpc) is 2.89. The summed E-state index contributed by atoms with van der Waals surface area (Å²) in [4.78, 5) is 25.1. The highest BCUT2D eigenvalue weighted by Gasteiger charge is 2.15. The van der Waals surface area contributed by atoms with E-state index in [1.54, 1.807) is 24.3 Å². The lowest BCUT2D eigenvalue weighted by Crippen LogP contribution is -2.20. The fourth-order valence-electron chi connectivity index (χ4n) is 3.55. The first-order chi connectivity index (χ1) is 18.8. The molecule has 0 fully saturated rings. The topological polar surface area (TPSA) is 107 Å². The van der Waals surface area contributed by atoms with Crippen molar-refractivity contribution >= 4 is 46.3 Å². The van der Waals surface area contributed by atoms with E-state index in [0.717, 1.165) is 9.13 Å². The Bertz CT molecular complexity index is 1330. The Kier molecular flexibility index (Phi) is 11.4. The lowest BCUT2D eigenvalue weighted by Gasteiger charge is -2.15. The molecule has 0 saturated carbocycles. The Morgan fingerprint density at radius 1 is 0.872 bits per heavy atom. The lowest BCUT2D eigenvalue weighted by molar-refractivity contribution is -0.118. The van der Waals surface area contributed by atoms with Gasteiger partial charge in [0.25, 0.3) is 11.8 Å². The van der Waals surface area contributed by atoms with E-state index in [-0.39, 0.29) is 12.5 Å². The van der Waals surface area contributed by atoms with Crippen LogP contribution in [0, 0.1) is 10.5 Å². The molecule has 0 aliphatic rings. The summed E-state index contributed by atoms with van der Waals surface area (Å²) in [5, 5.41) is 6.92. The number of carbonyl (C=O) groups excluding carboxylic acids is 2. The van der Waals surface area contributed by atoms with E-state index in [9.17, 15) is 9.59 Å². The van der Waals surface area contributed by atoms with Crippen molar-refractivity contribution in [2.45, 2.75) is 27.7 Å². The molecule has 3 aromatic carbocycles. The van der Waals surface area contributed by atoms with Gasteiger partial charge in [0.2, 0.25) is 0 Å². The van der Waals surface area contributed by atoms with Gasteiger partial charge in [0.1, 0.15) is 0 Å². The van der Waals surface area contributed by atoms with Gasteiger partial charge in [0.05, 0.1) is 29.6 Å². The highest BCUT2D eigenvalue weighted by Crippen LogP contribution is 2.34. The molecule has 0 aliphatic heterocycles. The van der Waals surface area contributed by atoms with Crippen LogP contribution >= 0.6 is 22.6 Å². The highest BCUT2D eigenvalue weighted by molar-refractivity contribution is 14.1. The molecule has 0 unspecified atom stereocenters. The number of amides is 2. The normalized spacial score (nSPS) is 10.7. The Labute approximate surface area is 242 Å². The van der Waals surface area contributed by atoms with E-state index >= 15 is 0 Å². The maximum Gasteiger partial charge on any atom is 0.271 e. The number of hydrogen-bond donors (Lipinski definition) is 2. The summed E-state index contributed by atoms with van der Waals surface area (Å²) < 4.78 is 23.4. The second-order valence-corrected chi connectivity index (χ2v) is 9.36. The number of benzene rings is 3. The van der Waals surface area contributed by atoms with Gasteiger partial charge in [0.15, 0.2) is 29.6 Å². The van der Waals surface area contributed by atoms with E-state index in [1.807, 2.05) is 58.0 Å². The van der Waals surface area contributed by atoms with Crippen LogP contribution in [-0.2, 0) is 4.79 Å². The van der Waals surface area contributed by atoms with Gasteiger partial charge in [0, 0.05) is 11.3 Å². The van der Waals surface area contributed by atoms with Crippen LogP contribution in [0.4, 0.5) is 5.69 Å². The van der Waals surface area contributed by atoms with Gasteiger partial charge in [-0.1, -0.05) is 12.1 Å². The summed E-state index contributed by atoms with van der Waals surface area (Å²) in [6.45, 7) is 8.71. The van der Waals surface area contributed by atoms with Crippen molar-refractivity contribution in [2.24, 2.45) is 5.10 Å². The minimum absolute atomic E-state index is 0.181. The van der Waals surface area contributed by atoms with Gasteiger partial charge < -0.3 is 24.3 Å². The maximum absolute atomic E-state index is 12.6. The number of halogens is 1. The van der Waals surface area contributed by atoms with Crippen LogP contribution in [0.15, 0.2) is 59.7 Å². The highest BCUT2D eigenvalue weighted by atomic mass is 127. The second-order valence-electron chi connectivity index (χ2n) is 8.20. The molecule has 2 amide bonds. The zero-order chi connectivity index (χ0) is 28.2. The van der Waals surface area contributed by atoms with Crippen LogP contribution in [0.2, 0.25) is 0 Å². The van der Waals surface area contributed by atoms with Crippen LogP contribution < -0.4 is 29.7 Å². The molecule has 0 aliphatic carbocycles. The summed E-state index contributed by atoms with van der Waals surface area (Å²) in [6, 6.07) is 16.1. The molecule has 206 valence electrons. The van der Waals surface area contributed by atoms with Crippen molar-refractivity contribution in [1.29, 1.82) is 0 Å². The van der Waals surface area contributed by atoms with Crippen LogP contribution in [0.25, 0.3) is 0 Å². The summed E-state index contributed by atoms with van der Waals surface area (Å²) in [5.74, 6) is 1.32. The Hall–Kier alpha value is -3.80. The molecule has 2 N–H and O–H groups in total. The molecule has 0 spiro atoms. The SMILES string of the molecule is CCOc1ccc(C(=O)N/N=C/c2cc(I)c(OCC(=O)Nc3cccc(C)c3)c(OCC)c2)cc1OCC. The van der Waals surface area contributed by atoms with Crippen molar-refractivity contribution in [1.82, 2.24) is 5.43 Å². The minimum Gasteiger partial charge on any atom is -0.490 e. The van der Waals surface area contributed by atoms with Crippen molar-refractivity contribution < 1.29 is 28.5 Å². The number of anilines is 1. The zero-order valence-corrected chi connectivity index (χ0v) is 24.5. The largest absolute Gasteiger partial charge is 0.490 e. The number of hydrazone groups is 1. The quantitative estimate of drug-likeness (QED) is 0.143. The molecule has 10 heteroatoms. The van der Waals surface area contributed by atoms with Crippen molar-refractivity contribution in [3.63, 3.8) is 0 Å². The lowest BCUT2D eigenvalue weighted by atomic mass is 10.2.